The highest BCUT2D eigenvalue weighted by atomic mass is 35.5. The van der Waals surface area contributed by atoms with E-state index in [2.05, 4.69) is 10.3 Å². The Balaban J connectivity index is 2.28. The second-order valence-electron chi connectivity index (χ2n) is 3.11. The summed E-state index contributed by atoms with van der Waals surface area (Å²) in [6.45, 7) is 0. The fourth-order valence-electron chi connectivity index (χ4n) is 1.21. The minimum atomic E-state index is -0.451. The molecule has 0 atom stereocenters. The number of halogens is 3. The van der Waals surface area contributed by atoms with Crippen molar-refractivity contribution >= 4 is 34.6 Å². The van der Waals surface area contributed by atoms with Crippen LogP contribution in [0.2, 0.25) is 10.0 Å². The van der Waals surface area contributed by atoms with E-state index in [4.69, 9.17) is 23.2 Å². The minimum absolute atomic E-state index is 0.0650. The lowest BCUT2D eigenvalue weighted by Crippen LogP contribution is -1.92. The van der Waals surface area contributed by atoms with Gasteiger partial charge in [0.1, 0.15) is 5.82 Å². The van der Waals surface area contributed by atoms with Crippen LogP contribution in [0.5, 0.6) is 0 Å². The first kappa shape index (κ1) is 11.2. The summed E-state index contributed by atoms with van der Waals surface area (Å²) in [5.74, 6) is -0.451. The molecular weight excluding hydrogens is 250 g/mol. The first-order valence-electron chi connectivity index (χ1n) is 4.48. The SMILES string of the molecule is Fc1ccc(Nc2ccncc2Cl)cc1Cl. The molecule has 82 valence electrons. The van der Waals surface area contributed by atoms with Gasteiger partial charge in [0.2, 0.25) is 0 Å². The predicted octanol–water partition coefficient (Wildman–Crippen LogP) is 4.27. The second kappa shape index (κ2) is 4.68. The lowest BCUT2D eigenvalue weighted by atomic mass is 10.3. The zero-order valence-electron chi connectivity index (χ0n) is 8.05. The Hall–Kier alpha value is -1.32. The van der Waals surface area contributed by atoms with Crippen LogP contribution in [-0.4, -0.2) is 4.98 Å². The molecule has 0 spiro atoms. The maximum Gasteiger partial charge on any atom is 0.141 e. The highest BCUT2D eigenvalue weighted by Gasteiger charge is 2.03. The Morgan fingerprint density at radius 1 is 1.12 bits per heavy atom. The first-order valence-corrected chi connectivity index (χ1v) is 5.24. The van der Waals surface area contributed by atoms with Crippen LogP contribution in [-0.2, 0) is 0 Å². The molecule has 0 saturated heterocycles. The highest BCUT2D eigenvalue weighted by molar-refractivity contribution is 6.33. The van der Waals surface area contributed by atoms with Crippen molar-refractivity contribution in [2.24, 2.45) is 0 Å². The zero-order valence-corrected chi connectivity index (χ0v) is 9.56. The fraction of sp³-hybridized carbons (Fsp3) is 0. The van der Waals surface area contributed by atoms with Gasteiger partial charge in [-0.3, -0.25) is 4.98 Å². The number of hydrogen-bond donors (Lipinski definition) is 1. The van der Waals surface area contributed by atoms with Gasteiger partial charge in [0.25, 0.3) is 0 Å². The molecule has 2 rings (SSSR count). The van der Waals surface area contributed by atoms with Crippen LogP contribution in [0.4, 0.5) is 15.8 Å². The number of benzene rings is 1. The quantitative estimate of drug-likeness (QED) is 0.868. The summed E-state index contributed by atoms with van der Waals surface area (Å²) in [5.41, 5.74) is 1.36. The van der Waals surface area contributed by atoms with Gasteiger partial charge >= 0.3 is 0 Å². The molecule has 2 aromatic rings. The summed E-state index contributed by atoms with van der Waals surface area (Å²) >= 11 is 11.6. The number of aromatic nitrogens is 1. The Kier molecular flexibility index (Phi) is 3.27. The average Bonchev–Trinajstić information content (AvgIpc) is 2.27. The van der Waals surface area contributed by atoms with Crippen LogP contribution in [0.25, 0.3) is 0 Å². The fourth-order valence-corrected chi connectivity index (χ4v) is 1.55. The van der Waals surface area contributed by atoms with Crippen LogP contribution in [0.3, 0.4) is 0 Å². The summed E-state index contributed by atoms with van der Waals surface area (Å²) in [4.78, 5) is 3.86. The number of pyridine rings is 1. The Labute approximate surface area is 102 Å². The number of anilines is 2. The van der Waals surface area contributed by atoms with Crippen molar-refractivity contribution in [2.45, 2.75) is 0 Å². The molecule has 0 bridgehead atoms. The molecule has 5 heteroatoms. The van der Waals surface area contributed by atoms with Crippen LogP contribution in [0.15, 0.2) is 36.7 Å². The summed E-state index contributed by atoms with van der Waals surface area (Å²) in [6, 6.07) is 6.09. The number of rotatable bonds is 2. The normalized spacial score (nSPS) is 10.2. The highest BCUT2D eigenvalue weighted by Crippen LogP contribution is 2.26. The Morgan fingerprint density at radius 3 is 2.62 bits per heavy atom. The zero-order chi connectivity index (χ0) is 11.5. The van der Waals surface area contributed by atoms with Gasteiger partial charge in [0.05, 0.1) is 15.7 Å². The standard InChI is InChI=1S/C11H7Cl2FN2/c12-8-5-7(1-2-10(8)14)16-11-3-4-15-6-9(11)13/h1-6H,(H,15,16). The van der Waals surface area contributed by atoms with E-state index in [9.17, 15) is 4.39 Å². The third-order valence-corrected chi connectivity index (χ3v) is 2.56. The van der Waals surface area contributed by atoms with Crippen LogP contribution in [0.1, 0.15) is 0 Å². The van der Waals surface area contributed by atoms with Gasteiger partial charge in [0.15, 0.2) is 0 Å². The van der Waals surface area contributed by atoms with Gasteiger partial charge in [0, 0.05) is 18.1 Å². The van der Waals surface area contributed by atoms with E-state index in [1.165, 1.54) is 18.3 Å². The van der Waals surface area contributed by atoms with Crippen molar-refractivity contribution in [1.82, 2.24) is 4.98 Å². The largest absolute Gasteiger partial charge is 0.354 e. The topological polar surface area (TPSA) is 24.9 Å². The molecule has 1 aromatic heterocycles. The van der Waals surface area contributed by atoms with Crippen molar-refractivity contribution in [3.05, 3.63) is 52.5 Å². The molecule has 0 saturated carbocycles. The van der Waals surface area contributed by atoms with Gasteiger partial charge in [-0.1, -0.05) is 23.2 Å². The number of hydrogen-bond acceptors (Lipinski definition) is 2. The van der Waals surface area contributed by atoms with Gasteiger partial charge in [-0.25, -0.2) is 4.39 Å². The monoisotopic (exact) mass is 256 g/mol. The first-order chi connectivity index (χ1) is 7.66. The summed E-state index contributed by atoms with van der Waals surface area (Å²) in [7, 11) is 0. The molecule has 16 heavy (non-hydrogen) atoms. The van der Waals surface area contributed by atoms with Crippen LogP contribution in [0, 0.1) is 5.82 Å². The molecule has 1 heterocycles. The molecule has 0 amide bonds. The molecule has 1 aromatic carbocycles. The van der Waals surface area contributed by atoms with Gasteiger partial charge in [-0.15, -0.1) is 0 Å². The molecule has 0 aliphatic heterocycles. The van der Waals surface area contributed by atoms with Crippen molar-refractivity contribution in [3.8, 4) is 0 Å². The lowest BCUT2D eigenvalue weighted by molar-refractivity contribution is 0.628. The maximum atomic E-state index is 12.9. The van der Waals surface area contributed by atoms with Crippen molar-refractivity contribution in [1.29, 1.82) is 0 Å². The molecule has 0 aliphatic rings. The smallest absolute Gasteiger partial charge is 0.141 e. The number of nitrogens with one attached hydrogen (secondary N) is 1. The van der Waals surface area contributed by atoms with Crippen molar-refractivity contribution in [2.75, 3.05) is 5.32 Å². The molecule has 0 aliphatic carbocycles. The molecular formula is C11H7Cl2FN2. The van der Waals surface area contributed by atoms with Crippen LogP contribution >= 0.6 is 23.2 Å². The Bertz CT molecular complexity index is 517. The van der Waals surface area contributed by atoms with Gasteiger partial charge in [-0.2, -0.15) is 0 Å². The molecule has 0 fully saturated rings. The summed E-state index contributed by atoms with van der Waals surface area (Å²) in [6.07, 6.45) is 3.13. The average molecular weight is 257 g/mol. The number of nitrogens with zero attached hydrogens (tertiary/aromatic N) is 1. The third-order valence-electron chi connectivity index (χ3n) is 1.97. The van der Waals surface area contributed by atoms with E-state index in [1.54, 1.807) is 18.3 Å². The molecule has 0 unspecified atom stereocenters. The third kappa shape index (κ3) is 2.43. The molecule has 2 nitrogen and oxygen atoms in total. The van der Waals surface area contributed by atoms with E-state index in [1.807, 2.05) is 0 Å². The van der Waals surface area contributed by atoms with E-state index < -0.39 is 5.82 Å². The van der Waals surface area contributed by atoms with E-state index in [-0.39, 0.29) is 5.02 Å². The van der Waals surface area contributed by atoms with Gasteiger partial charge in [-0.05, 0) is 24.3 Å². The molecule has 1 N–H and O–H groups in total. The Morgan fingerprint density at radius 2 is 1.94 bits per heavy atom. The van der Waals surface area contributed by atoms with E-state index in [0.29, 0.717) is 16.4 Å². The minimum Gasteiger partial charge on any atom is -0.354 e. The predicted molar refractivity (Wildman–Crippen MR) is 63.9 cm³/mol. The van der Waals surface area contributed by atoms with Crippen molar-refractivity contribution < 1.29 is 4.39 Å². The summed E-state index contributed by atoms with van der Waals surface area (Å²) < 4.78 is 12.9. The maximum absolute atomic E-state index is 12.9. The van der Waals surface area contributed by atoms with E-state index in [0.717, 1.165) is 0 Å². The van der Waals surface area contributed by atoms with Crippen LogP contribution < -0.4 is 5.32 Å². The van der Waals surface area contributed by atoms with Crippen molar-refractivity contribution in [3.63, 3.8) is 0 Å². The second-order valence-corrected chi connectivity index (χ2v) is 3.92. The van der Waals surface area contributed by atoms with E-state index >= 15 is 0 Å². The summed E-state index contributed by atoms with van der Waals surface area (Å²) in [5, 5.41) is 3.57. The lowest BCUT2D eigenvalue weighted by Gasteiger charge is -2.08. The molecule has 0 radical (unpaired) electrons. The van der Waals surface area contributed by atoms with Gasteiger partial charge < -0.3 is 5.32 Å².